The SMILES string of the molecule is CC1=CC(Cl)C(c2cc(F)c(C(F)(F)Oc3ccc(-c4ccc(OC(F)(F)F)c(F)c4)c(F)c3)c(F)c2)C(F)=C1. The van der Waals surface area contributed by atoms with Gasteiger partial charge in [0, 0.05) is 11.6 Å². The third kappa shape index (κ3) is 6.22. The average molecular weight is 597 g/mol. The topological polar surface area (TPSA) is 18.5 Å². The minimum Gasteiger partial charge on any atom is -0.429 e. The highest BCUT2D eigenvalue weighted by molar-refractivity contribution is 6.22. The van der Waals surface area contributed by atoms with Crippen LogP contribution in [0.5, 0.6) is 11.5 Å². The fourth-order valence-corrected chi connectivity index (χ4v) is 4.58. The smallest absolute Gasteiger partial charge is 0.429 e. The van der Waals surface area contributed by atoms with Gasteiger partial charge in [-0.15, -0.1) is 24.8 Å². The molecule has 0 fully saturated rings. The molecule has 0 heterocycles. The first kappa shape index (κ1) is 29.3. The number of ether oxygens (including phenoxy) is 2. The van der Waals surface area contributed by atoms with Crippen molar-refractivity contribution in [3.8, 4) is 22.6 Å². The minimum absolute atomic E-state index is 0.276. The lowest BCUT2D eigenvalue weighted by molar-refractivity contribution is -0.275. The zero-order valence-corrected chi connectivity index (χ0v) is 20.7. The minimum atomic E-state index is -5.18. The van der Waals surface area contributed by atoms with E-state index in [0.717, 1.165) is 24.3 Å². The summed E-state index contributed by atoms with van der Waals surface area (Å²) in [7, 11) is 0. The molecule has 0 N–H and O–H groups in total. The first-order valence-corrected chi connectivity index (χ1v) is 11.6. The van der Waals surface area contributed by atoms with E-state index >= 15 is 0 Å². The fraction of sp³-hybridized carbons (Fsp3) is 0.185. The summed E-state index contributed by atoms with van der Waals surface area (Å²) in [6.07, 6.45) is -7.35. The third-order valence-corrected chi connectivity index (χ3v) is 6.15. The lowest BCUT2D eigenvalue weighted by Gasteiger charge is -2.25. The number of benzene rings is 3. The summed E-state index contributed by atoms with van der Waals surface area (Å²) in [5, 5.41) is -1.05. The molecule has 4 rings (SSSR count). The van der Waals surface area contributed by atoms with Crippen LogP contribution in [0, 0.1) is 23.3 Å². The number of halogens is 11. The second-order valence-corrected chi connectivity index (χ2v) is 9.18. The fourth-order valence-electron chi connectivity index (χ4n) is 4.12. The molecule has 1 aliphatic carbocycles. The van der Waals surface area contributed by atoms with Gasteiger partial charge in [0.05, 0.1) is 11.3 Å². The first-order chi connectivity index (χ1) is 18.6. The Hall–Kier alpha value is -3.67. The molecule has 1 aliphatic rings. The summed E-state index contributed by atoms with van der Waals surface area (Å²) in [6.45, 7) is 1.55. The molecule has 0 aliphatic heterocycles. The molecular formula is C27H15ClF10O2. The molecular weight excluding hydrogens is 582 g/mol. The van der Waals surface area contributed by atoms with E-state index in [4.69, 9.17) is 11.6 Å². The lowest BCUT2D eigenvalue weighted by Crippen LogP contribution is -2.26. The normalized spacial score (nSPS) is 17.8. The summed E-state index contributed by atoms with van der Waals surface area (Å²) in [5.74, 6) is -10.6. The van der Waals surface area contributed by atoms with E-state index in [1.165, 1.54) is 6.08 Å². The molecule has 3 aromatic carbocycles. The number of hydrogen-bond acceptors (Lipinski definition) is 2. The van der Waals surface area contributed by atoms with Gasteiger partial charge < -0.3 is 9.47 Å². The van der Waals surface area contributed by atoms with Gasteiger partial charge in [-0.3, -0.25) is 0 Å². The van der Waals surface area contributed by atoms with Gasteiger partial charge in [-0.25, -0.2) is 22.0 Å². The van der Waals surface area contributed by atoms with E-state index in [0.29, 0.717) is 35.9 Å². The Morgan fingerprint density at radius 1 is 0.750 bits per heavy atom. The maximum Gasteiger partial charge on any atom is 0.573 e. The van der Waals surface area contributed by atoms with Crippen molar-refractivity contribution in [2.45, 2.75) is 30.7 Å². The van der Waals surface area contributed by atoms with Crippen molar-refractivity contribution in [1.82, 2.24) is 0 Å². The van der Waals surface area contributed by atoms with Crippen LogP contribution in [0.4, 0.5) is 43.9 Å². The van der Waals surface area contributed by atoms with Crippen molar-refractivity contribution < 1.29 is 53.4 Å². The highest BCUT2D eigenvalue weighted by atomic mass is 35.5. The van der Waals surface area contributed by atoms with Gasteiger partial charge in [-0.1, -0.05) is 17.7 Å². The van der Waals surface area contributed by atoms with Gasteiger partial charge >= 0.3 is 12.5 Å². The second kappa shape index (κ2) is 10.7. The van der Waals surface area contributed by atoms with Gasteiger partial charge in [0.25, 0.3) is 0 Å². The molecule has 2 atom stereocenters. The van der Waals surface area contributed by atoms with E-state index in [2.05, 4.69) is 9.47 Å². The molecule has 13 heteroatoms. The summed E-state index contributed by atoms with van der Waals surface area (Å²) in [5.41, 5.74) is -2.41. The maximum atomic E-state index is 14.8. The predicted molar refractivity (Wildman–Crippen MR) is 125 cm³/mol. The van der Waals surface area contributed by atoms with Crippen LogP contribution in [-0.4, -0.2) is 11.7 Å². The summed E-state index contributed by atoms with van der Waals surface area (Å²) >= 11 is 6.08. The Labute approximate surface area is 225 Å². The number of allylic oxidation sites excluding steroid dienone is 4. The van der Waals surface area contributed by atoms with Crippen molar-refractivity contribution in [2.24, 2.45) is 0 Å². The standard InChI is InChI=1S/C27H15ClF10O2/c1-12-6-17(28)24(20(31)7-12)14-9-21(32)25(22(33)10-14)26(34,35)39-15-3-4-16(18(29)11-15)13-2-5-23(19(30)8-13)40-27(36,37)38/h2-11,17,24H,1H3. The number of alkyl halides is 6. The molecule has 0 spiro atoms. The van der Waals surface area contributed by atoms with Crippen molar-refractivity contribution >= 4 is 11.6 Å². The molecule has 0 saturated heterocycles. The zero-order chi connectivity index (χ0) is 29.6. The molecule has 0 amide bonds. The van der Waals surface area contributed by atoms with Crippen LogP contribution in [0.25, 0.3) is 11.1 Å². The molecule has 0 saturated carbocycles. The Balaban J connectivity index is 1.59. The highest BCUT2D eigenvalue weighted by Crippen LogP contribution is 2.41. The van der Waals surface area contributed by atoms with E-state index in [1.54, 1.807) is 6.92 Å². The summed E-state index contributed by atoms with van der Waals surface area (Å²) in [4.78, 5) is 0. The van der Waals surface area contributed by atoms with Crippen LogP contribution in [0.1, 0.15) is 24.0 Å². The van der Waals surface area contributed by atoms with Crippen LogP contribution >= 0.6 is 11.6 Å². The van der Waals surface area contributed by atoms with Gasteiger partial charge in [0.15, 0.2) is 11.6 Å². The second-order valence-electron chi connectivity index (χ2n) is 8.68. The van der Waals surface area contributed by atoms with Crippen LogP contribution in [0.3, 0.4) is 0 Å². The van der Waals surface area contributed by atoms with Crippen LogP contribution < -0.4 is 9.47 Å². The Kier molecular flexibility index (Phi) is 7.85. The molecule has 2 nitrogen and oxygen atoms in total. The molecule has 212 valence electrons. The van der Waals surface area contributed by atoms with Gasteiger partial charge in [-0.05, 0) is 60.5 Å². The van der Waals surface area contributed by atoms with E-state index in [-0.39, 0.29) is 11.1 Å². The molecule has 40 heavy (non-hydrogen) atoms. The van der Waals surface area contributed by atoms with Gasteiger partial charge in [-0.2, -0.15) is 8.78 Å². The zero-order valence-electron chi connectivity index (χ0n) is 19.9. The number of rotatable bonds is 6. The Morgan fingerprint density at radius 3 is 1.95 bits per heavy atom. The van der Waals surface area contributed by atoms with E-state index < -0.39 is 75.5 Å². The Bertz CT molecular complexity index is 1490. The van der Waals surface area contributed by atoms with E-state index in [9.17, 15) is 43.9 Å². The third-order valence-electron chi connectivity index (χ3n) is 5.77. The largest absolute Gasteiger partial charge is 0.573 e. The summed E-state index contributed by atoms with van der Waals surface area (Å²) < 4.78 is 147. The van der Waals surface area contributed by atoms with Crippen LogP contribution in [0.15, 0.2) is 72.1 Å². The Morgan fingerprint density at radius 2 is 1.40 bits per heavy atom. The van der Waals surface area contributed by atoms with Crippen molar-refractivity contribution in [2.75, 3.05) is 0 Å². The molecule has 3 aromatic rings. The molecule has 2 unspecified atom stereocenters. The quantitative estimate of drug-likeness (QED) is 0.208. The summed E-state index contributed by atoms with van der Waals surface area (Å²) in [6, 6.07) is 4.98. The van der Waals surface area contributed by atoms with Crippen molar-refractivity contribution in [3.05, 3.63) is 106 Å². The lowest BCUT2D eigenvalue weighted by atomic mass is 9.88. The van der Waals surface area contributed by atoms with Gasteiger partial charge in [0.2, 0.25) is 0 Å². The molecule has 0 aromatic heterocycles. The maximum absolute atomic E-state index is 14.8. The number of hydrogen-bond donors (Lipinski definition) is 0. The monoisotopic (exact) mass is 596 g/mol. The van der Waals surface area contributed by atoms with Crippen molar-refractivity contribution in [3.63, 3.8) is 0 Å². The average Bonchev–Trinajstić information content (AvgIpc) is 2.78. The highest BCUT2D eigenvalue weighted by Gasteiger charge is 2.42. The van der Waals surface area contributed by atoms with Crippen molar-refractivity contribution in [1.29, 1.82) is 0 Å². The van der Waals surface area contributed by atoms with Crippen LogP contribution in [-0.2, 0) is 6.11 Å². The molecule has 0 radical (unpaired) electrons. The molecule has 0 bridgehead atoms. The van der Waals surface area contributed by atoms with E-state index in [1.807, 2.05) is 0 Å². The van der Waals surface area contributed by atoms with Gasteiger partial charge in [0.1, 0.15) is 34.6 Å². The predicted octanol–water partition coefficient (Wildman–Crippen LogP) is 9.44. The van der Waals surface area contributed by atoms with Crippen LogP contribution in [0.2, 0.25) is 0 Å². The first-order valence-electron chi connectivity index (χ1n) is 11.2.